The highest BCUT2D eigenvalue weighted by Crippen LogP contribution is 2.45. The van der Waals surface area contributed by atoms with E-state index in [9.17, 15) is 14.4 Å². The molecule has 4 aliphatic rings. The fraction of sp³-hybridized carbons (Fsp3) is 0.568. The second-order valence-electron chi connectivity index (χ2n) is 14.7. The average Bonchev–Trinajstić information content (AvgIpc) is 3.71. The number of rotatable bonds is 8. The summed E-state index contributed by atoms with van der Waals surface area (Å²) in [5.74, 6) is 0.664. The fourth-order valence-electron chi connectivity index (χ4n) is 9.06. The Hall–Kier alpha value is -3.72. The molecule has 4 saturated heterocycles. The first kappa shape index (κ1) is 30.9. The zero-order valence-corrected chi connectivity index (χ0v) is 27.5. The van der Waals surface area contributed by atoms with Crippen LogP contribution in [0, 0.1) is 6.92 Å². The number of imidazole rings is 1. The van der Waals surface area contributed by atoms with Crippen LogP contribution in [0.15, 0.2) is 54.6 Å². The third-order valence-corrected chi connectivity index (χ3v) is 11.5. The number of benzene rings is 2. The van der Waals surface area contributed by atoms with Crippen molar-refractivity contribution in [2.24, 2.45) is 0 Å². The van der Waals surface area contributed by atoms with E-state index >= 15 is 0 Å². The van der Waals surface area contributed by atoms with Crippen LogP contribution in [0.5, 0.6) is 0 Å². The standard InChI is InChI=1S/C37H48N6O3/c1-25-38-30-11-7-8-12-32(30)43(25)29-23-27-13-14-28(24-29)42(27)22-19-37(26-9-5-4-6-10-26)17-20-41(21-18-37)35(46)36(2,3)40-34(45)31-15-16-33(44)39-31/h4-12,27-29,31H,13-24H2,1-3H3,(H,39,44)(H,40,45)/t27-,28+,29?,31-/m0/s1. The van der Waals surface area contributed by atoms with Crippen molar-refractivity contribution in [3.05, 3.63) is 66.0 Å². The minimum Gasteiger partial charge on any atom is -0.344 e. The minimum absolute atomic E-state index is 0.00693. The Morgan fingerprint density at radius 2 is 1.63 bits per heavy atom. The van der Waals surface area contributed by atoms with Gasteiger partial charge >= 0.3 is 0 Å². The molecule has 0 radical (unpaired) electrons. The number of likely N-dealkylation sites (tertiary alicyclic amines) is 1. The number of para-hydroxylation sites is 2. The molecule has 3 aromatic rings. The van der Waals surface area contributed by atoms with Gasteiger partial charge in [-0.3, -0.25) is 19.3 Å². The molecular formula is C37H48N6O3. The highest BCUT2D eigenvalue weighted by atomic mass is 16.2. The molecule has 0 spiro atoms. The molecule has 244 valence electrons. The number of nitrogens with zero attached hydrogens (tertiary/aromatic N) is 4. The topological polar surface area (TPSA) is 99.6 Å². The van der Waals surface area contributed by atoms with Crippen molar-refractivity contribution in [3.8, 4) is 0 Å². The number of carbonyl (C=O) groups is 3. The Morgan fingerprint density at radius 1 is 0.957 bits per heavy atom. The first-order valence-electron chi connectivity index (χ1n) is 17.3. The van der Waals surface area contributed by atoms with Crippen LogP contribution < -0.4 is 10.6 Å². The van der Waals surface area contributed by atoms with Crippen LogP contribution in [0.4, 0.5) is 0 Å². The van der Waals surface area contributed by atoms with Gasteiger partial charge in [-0.25, -0.2) is 4.98 Å². The van der Waals surface area contributed by atoms with Crippen LogP contribution in [-0.4, -0.2) is 80.4 Å². The molecule has 46 heavy (non-hydrogen) atoms. The summed E-state index contributed by atoms with van der Waals surface area (Å²) in [6.07, 6.45) is 8.56. The van der Waals surface area contributed by atoms with Crippen molar-refractivity contribution in [1.82, 2.24) is 30.0 Å². The molecule has 1 unspecified atom stereocenters. The van der Waals surface area contributed by atoms with E-state index in [1.165, 1.54) is 36.8 Å². The normalized spacial score (nSPS) is 26.3. The number of aromatic nitrogens is 2. The number of piperidine rings is 2. The molecule has 4 fully saturated rings. The Labute approximate surface area is 272 Å². The molecule has 2 aromatic carbocycles. The van der Waals surface area contributed by atoms with E-state index < -0.39 is 11.6 Å². The first-order chi connectivity index (χ1) is 22.1. The molecule has 7 rings (SSSR count). The summed E-state index contributed by atoms with van der Waals surface area (Å²) in [6, 6.07) is 20.6. The summed E-state index contributed by atoms with van der Waals surface area (Å²) in [6.45, 7) is 8.10. The molecule has 4 aliphatic heterocycles. The maximum atomic E-state index is 13.7. The number of nitrogens with one attached hydrogen (secondary N) is 2. The molecule has 4 atom stereocenters. The van der Waals surface area contributed by atoms with E-state index in [2.05, 4.69) is 81.6 Å². The maximum absolute atomic E-state index is 13.7. The van der Waals surface area contributed by atoms with Gasteiger partial charge in [-0.05, 0) is 102 Å². The zero-order valence-electron chi connectivity index (χ0n) is 27.5. The van der Waals surface area contributed by atoms with E-state index in [4.69, 9.17) is 4.98 Å². The van der Waals surface area contributed by atoms with E-state index in [1.807, 2.05) is 4.90 Å². The van der Waals surface area contributed by atoms with Crippen LogP contribution in [0.2, 0.25) is 0 Å². The van der Waals surface area contributed by atoms with Gasteiger partial charge in [0.15, 0.2) is 0 Å². The largest absolute Gasteiger partial charge is 0.344 e. The van der Waals surface area contributed by atoms with Crippen molar-refractivity contribution in [2.75, 3.05) is 19.6 Å². The summed E-state index contributed by atoms with van der Waals surface area (Å²) in [7, 11) is 0. The molecular weight excluding hydrogens is 576 g/mol. The number of aryl methyl sites for hydroxylation is 1. The second kappa shape index (κ2) is 12.1. The molecule has 2 bridgehead atoms. The van der Waals surface area contributed by atoms with E-state index in [0.29, 0.717) is 44.1 Å². The number of carbonyl (C=O) groups excluding carboxylic acids is 3. The van der Waals surface area contributed by atoms with E-state index in [1.54, 1.807) is 13.8 Å². The number of amides is 3. The zero-order chi connectivity index (χ0) is 32.1. The quantitative estimate of drug-likeness (QED) is 0.381. The van der Waals surface area contributed by atoms with Gasteiger partial charge in [0.25, 0.3) is 0 Å². The highest BCUT2D eigenvalue weighted by Gasteiger charge is 2.45. The lowest BCUT2D eigenvalue weighted by molar-refractivity contribution is -0.142. The van der Waals surface area contributed by atoms with Gasteiger partial charge in [0.05, 0.1) is 11.0 Å². The highest BCUT2D eigenvalue weighted by molar-refractivity contribution is 5.95. The van der Waals surface area contributed by atoms with Gasteiger partial charge < -0.3 is 20.1 Å². The van der Waals surface area contributed by atoms with Crippen molar-refractivity contribution in [3.63, 3.8) is 0 Å². The van der Waals surface area contributed by atoms with Crippen LogP contribution >= 0.6 is 0 Å². The Balaban J connectivity index is 1.02. The van der Waals surface area contributed by atoms with Gasteiger partial charge in [0.1, 0.15) is 17.4 Å². The molecule has 5 heterocycles. The summed E-state index contributed by atoms with van der Waals surface area (Å²) in [4.78, 5) is 47.8. The molecule has 3 amide bonds. The monoisotopic (exact) mass is 624 g/mol. The Morgan fingerprint density at radius 3 is 2.30 bits per heavy atom. The van der Waals surface area contributed by atoms with E-state index in [-0.39, 0.29) is 23.1 Å². The summed E-state index contributed by atoms with van der Waals surface area (Å²) < 4.78 is 2.50. The number of hydrogen-bond donors (Lipinski definition) is 2. The van der Waals surface area contributed by atoms with Crippen LogP contribution in [0.1, 0.15) is 89.1 Å². The van der Waals surface area contributed by atoms with Crippen LogP contribution in [0.25, 0.3) is 11.0 Å². The van der Waals surface area contributed by atoms with Crippen molar-refractivity contribution in [2.45, 2.75) is 114 Å². The Kier molecular flexibility index (Phi) is 8.16. The summed E-state index contributed by atoms with van der Waals surface area (Å²) in [5, 5.41) is 5.63. The van der Waals surface area contributed by atoms with Gasteiger partial charge in [-0.15, -0.1) is 0 Å². The lowest BCUT2D eigenvalue weighted by atomic mass is 9.70. The molecule has 1 aromatic heterocycles. The van der Waals surface area contributed by atoms with Gasteiger partial charge in [-0.1, -0.05) is 42.5 Å². The van der Waals surface area contributed by atoms with Crippen LogP contribution in [-0.2, 0) is 19.8 Å². The number of hydrogen-bond acceptors (Lipinski definition) is 5. The summed E-state index contributed by atoms with van der Waals surface area (Å²) in [5.41, 5.74) is 2.69. The maximum Gasteiger partial charge on any atom is 0.247 e. The lowest BCUT2D eigenvalue weighted by Gasteiger charge is -2.46. The molecule has 9 nitrogen and oxygen atoms in total. The van der Waals surface area contributed by atoms with Gasteiger partial charge in [0.2, 0.25) is 17.7 Å². The van der Waals surface area contributed by atoms with E-state index in [0.717, 1.165) is 37.1 Å². The van der Waals surface area contributed by atoms with Crippen molar-refractivity contribution in [1.29, 1.82) is 0 Å². The molecule has 0 aliphatic carbocycles. The minimum atomic E-state index is -1.04. The SMILES string of the molecule is Cc1nc2ccccc2n1C1C[C@H]2CC[C@@H](C1)N2CCC1(c2ccccc2)CCN(C(=O)C(C)(C)NC(=O)[C@@H]2CCC(=O)N2)CC1. The fourth-order valence-corrected chi connectivity index (χ4v) is 9.06. The van der Waals surface area contributed by atoms with Crippen molar-refractivity contribution >= 4 is 28.8 Å². The Bertz CT molecular complexity index is 1590. The molecule has 9 heteroatoms. The van der Waals surface area contributed by atoms with Gasteiger partial charge in [-0.2, -0.15) is 0 Å². The first-order valence-corrected chi connectivity index (χ1v) is 17.3. The predicted octanol–water partition coefficient (Wildman–Crippen LogP) is 4.64. The van der Waals surface area contributed by atoms with Gasteiger partial charge in [0, 0.05) is 37.6 Å². The molecule has 2 N–H and O–H groups in total. The third kappa shape index (κ3) is 5.72. The predicted molar refractivity (Wildman–Crippen MR) is 178 cm³/mol. The summed E-state index contributed by atoms with van der Waals surface area (Å²) >= 11 is 0. The average molecular weight is 625 g/mol. The third-order valence-electron chi connectivity index (χ3n) is 11.5. The second-order valence-corrected chi connectivity index (χ2v) is 14.7. The smallest absolute Gasteiger partial charge is 0.247 e. The van der Waals surface area contributed by atoms with Crippen molar-refractivity contribution < 1.29 is 14.4 Å². The molecule has 0 saturated carbocycles. The number of fused-ring (bicyclic) bond motifs is 3. The lowest BCUT2D eigenvalue weighted by Crippen LogP contribution is -2.60. The van der Waals surface area contributed by atoms with Crippen LogP contribution in [0.3, 0.4) is 0 Å².